The van der Waals surface area contributed by atoms with Crippen LogP contribution in [0.2, 0.25) is 0 Å². The van der Waals surface area contributed by atoms with Crippen molar-refractivity contribution in [1.82, 2.24) is 5.32 Å². The molecule has 1 fully saturated rings. The van der Waals surface area contributed by atoms with Gasteiger partial charge in [0.05, 0.1) is 0 Å². The van der Waals surface area contributed by atoms with Crippen molar-refractivity contribution in [3.05, 3.63) is 0 Å². The Labute approximate surface area is 123 Å². The molecule has 1 aliphatic carbocycles. The second kappa shape index (κ2) is 11.1. The zero-order valence-electron chi connectivity index (χ0n) is 13.0. The Bertz CT molecular complexity index is 259. The Morgan fingerprint density at radius 2 is 2.10 bits per heavy atom. The van der Waals surface area contributed by atoms with E-state index in [0.29, 0.717) is 18.4 Å². The van der Waals surface area contributed by atoms with Gasteiger partial charge in [0.15, 0.2) is 0 Å². The Hall–Kier alpha value is -0.610. The quantitative estimate of drug-likeness (QED) is 0.606. The summed E-state index contributed by atoms with van der Waals surface area (Å²) in [6, 6.07) is 0.358. The van der Waals surface area contributed by atoms with E-state index in [1.807, 2.05) is 0 Å². The monoisotopic (exact) mass is 284 g/mol. The summed E-state index contributed by atoms with van der Waals surface area (Å²) in [5.41, 5.74) is 5.97. The van der Waals surface area contributed by atoms with Crippen molar-refractivity contribution >= 4 is 5.91 Å². The van der Waals surface area contributed by atoms with Crippen LogP contribution >= 0.6 is 0 Å². The van der Waals surface area contributed by atoms with Crippen LogP contribution in [0.4, 0.5) is 0 Å². The third kappa shape index (κ3) is 8.54. The van der Waals surface area contributed by atoms with Crippen LogP contribution in [0.3, 0.4) is 0 Å². The van der Waals surface area contributed by atoms with Gasteiger partial charge in [0.1, 0.15) is 0 Å². The fourth-order valence-corrected chi connectivity index (χ4v) is 2.77. The van der Waals surface area contributed by atoms with Gasteiger partial charge >= 0.3 is 0 Å². The van der Waals surface area contributed by atoms with E-state index < -0.39 is 0 Å². The summed E-state index contributed by atoms with van der Waals surface area (Å²) in [6.45, 7) is 4.47. The van der Waals surface area contributed by atoms with Gasteiger partial charge in [0.2, 0.25) is 5.91 Å². The van der Waals surface area contributed by atoms with Gasteiger partial charge in [-0.15, -0.1) is 0 Å². The van der Waals surface area contributed by atoms with E-state index in [2.05, 4.69) is 12.2 Å². The van der Waals surface area contributed by atoms with Gasteiger partial charge < -0.3 is 15.8 Å². The first-order valence-corrected chi connectivity index (χ1v) is 8.32. The normalized spacial score (nSPS) is 22.7. The van der Waals surface area contributed by atoms with Crippen LogP contribution in [-0.4, -0.2) is 31.7 Å². The molecule has 118 valence electrons. The Morgan fingerprint density at radius 3 is 2.85 bits per heavy atom. The third-order valence-electron chi connectivity index (χ3n) is 4.03. The van der Waals surface area contributed by atoms with Gasteiger partial charge in [0.25, 0.3) is 0 Å². The van der Waals surface area contributed by atoms with E-state index in [1.54, 1.807) is 0 Å². The maximum Gasteiger partial charge on any atom is 0.220 e. The SMILES string of the molecule is CCCCOCCCNC(=O)CCC1CCCC(N)C1. The molecule has 0 aromatic heterocycles. The van der Waals surface area contributed by atoms with Crippen LogP contribution in [0.25, 0.3) is 0 Å². The minimum atomic E-state index is 0.178. The maximum absolute atomic E-state index is 11.7. The summed E-state index contributed by atoms with van der Waals surface area (Å²) in [7, 11) is 0. The van der Waals surface area contributed by atoms with Crippen LogP contribution in [0.15, 0.2) is 0 Å². The molecular weight excluding hydrogens is 252 g/mol. The molecule has 0 aliphatic heterocycles. The lowest BCUT2D eigenvalue weighted by molar-refractivity contribution is -0.121. The largest absolute Gasteiger partial charge is 0.381 e. The molecule has 0 heterocycles. The van der Waals surface area contributed by atoms with Crippen molar-refractivity contribution in [2.75, 3.05) is 19.8 Å². The first-order chi connectivity index (χ1) is 9.72. The van der Waals surface area contributed by atoms with Gasteiger partial charge in [0, 0.05) is 32.2 Å². The number of rotatable bonds is 10. The molecule has 0 aromatic carbocycles. The molecule has 0 aromatic rings. The molecule has 1 rings (SSSR count). The number of nitrogens with two attached hydrogens (primary N) is 1. The average molecular weight is 284 g/mol. The van der Waals surface area contributed by atoms with Gasteiger partial charge in [-0.2, -0.15) is 0 Å². The smallest absolute Gasteiger partial charge is 0.220 e. The van der Waals surface area contributed by atoms with Crippen molar-refractivity contribution in [2.45, 2.75) is 70.8 Å². The predicted octanol–water partition coefficient (Wildman–Crippen LogP) is 2.61. The first kappa shape index (κ1) is 17.4. The molecule has 0 bridgehead atoms. The number of unbranched alkanes of at least 4 members (excludes halogenated alkanes) is 1. The fourth-order valence-electron chi connectivity index (χ4n) is 2.77. The molecule has 0 radical (unpaired) electrons. The van der Waals surface area contributed by atoms with E-state index in [9.17, 15) is 4.79 Å². The molecule has 2 unspecified atom stereocenters. The summed E-state index contributed by atoms with van der Waals surface area (Å²) >= 11 is 0. The highest BCUT2D eigenvalue weighted by Gasteiger charge is 2.19. The zero-order valence-corrected chi connectivity index (χ0v) is 13.0. The highest BCUT2D eigenvalue weighted by molar-refractivity contribution is 5.75. The minimum Gasteiger partial charge on any atom is -0.381 e. The summed E-state index contributed by atoms with van der Waals surface area (Å²) in [5, 5.41) is 2.97. The first-order valence-electron chi connectivity index (χ1n) is 8.32. The van der Waals surface area contributed by atoms with Gasteiger partial charge in [-0.1, -0.05) is 26.2 Å². The second-order valence-electron chi connectivity index (χ2n) is 6.00. The molecular formula is C16H32N2O2. The summed E-state index contributed by atoms with van der Waals surface area (Å²) < 4.78 is 5.46. The highest BCUT2D eigenvalue weighted by Crippen LogP contribution is 2.26. The van der Waals surface area contributed by atoms with E-state index in [0.717, 1.165) is 51.9 Å². The maximum atomic E-state index is 11.7. The third-order valence-corrected chi connectivity index (χ3v) is 4.03. The Balaban J connectivity index is 1.92. The van der Waals surface area contributed by atoms with E-state index in [-0.39, 0.29) is 5.91 Å². The lowest BCUT2D eigenvalue weighted by atomic mass is 9.83. The summed E-state index contributed by atoms with van der Waals surface area (Å²) in [5.74, 6) is 0.833. The molecule has 4 nitrogen and oxygen atoms in total. The molecule has 1 saturated carbocycles. The molecule has 0 spiro atoms. The minimum absolute atomic E-state index is 0.178. The number of amides is 1. The van der Waals surface area contributed by atoms with Crippen LogP contribution in [0.1, 0.15) is 64.7 Å². The molecule has 4 heteroatoms. The van der Waals surface area contributed by atoms with Crippen molar-refractivity contribution in [1.29, 1.82) is 0 Å². The molecule has 1 amide bonds. The number of nitrogens with one attached hydrogen (secondary N) is 1. The topological polar surface area (TPSA) is 64.3 Å². The van der Waals surface area contributed by atoms with Crippen molar-refractivity contribution in [3.63, 3.8) is 0 Å². The van der Waals surface area contributed by atoms with Gasteiger partial charge in [-0.05, 0) is 38.0 Å². The van der Waals surface area contributed by atoms with Gasteiger partial charge in [-0.25, -0.2) is 0 Å². The van der Waals surface area contributed by atoms with Gasteiger partial charge in [-0.3, -0.25) is 4.79 Å². The molecule has 3 N–H and O–H groups in total. The lowest BCUT2D eigenvalue weighted by Gasteiger charge is -2.26. The summed E-state index contributed by atoms with van der Waals surface area (Å²) in [6.07, 6.45) is 9.55. The van der Waals surface area contributed by atoms with E-state index >= 15 is 0 Å². The van der Waals surface area contributed by atoms with Crippen LogP contribution in [0.5, 0.6) is 0 Å². The van der Waals surface area contributed by atoms with E-state index in [4.69, 9.17) is 10.5 Å². The standard InChI is InChI=1S/C16H32N2O2/c1-2-3-11-20-12-5-10-18-16(19)9-8-14-6-4-7-15(17)13-14/h14-15H,2-13,17H2,1H3,(H,18,19). The lowest BCUT2D eigenvalue weighted by Crippen LogP contribution is -2.29. The summed E-state index contributed by atoms with van der Waals surface area (Å²) in [4.78, 5) is 11.7. The number of ether oxygens (including phenoxy) is 1. The Kier molecular flexibility index (Phi) is 9.67. The second-order valence-corrected chi connectivity index (χ2v) is 6.00. The van der Waals surface area contributed by atoms with Crippen LogP contribution in [0, 0.1) is 5.92 Å². The van der Waals surface area contributed by atoms with E-state index in [1.165, 1.54) is 19.3 Å². The Morgan fingerprint density at radius 1 is 1.30 bits per heavy atom. The van der Waals surface area contributed by atoms with Crippen molar-refractivity contribution in [3.8, 4) is 0 Å². The van der Waals surface area contributed by atoms with Crippen LogP contribution < -0.4 is 11.1 Å². The number of carbonyl (C=O) groups excluding carboxylic acids is 1. The van der Waals surface area contributed by atoms with Crippen molar-refractivity contribution < 1.29 is 9.53 Å². The van der Waals surface area contributed by atoms with Crippen molar-refractivity contribution in [2.24, 2.45) is 11.7 Å². The molecule has 0 saturated heterocycles. The number of hydrogen-bond acceptors (Lipinski definition) is 3. The number of hydrogen-bond donors (Lipinski definition) is 2. The predicted molar refractivity (Wildman–Crippen MR) is 82.5 cm³/mol. The molecule has 1 aliphatic rings. The fraction of sp³-hybridized carbons (Fsp3) is 0.938. The van der Waals surface area contributed by atoms with Crippen LogP contribution in [-0.2, 0) is 9.53 Å². The molecule has 2 atom stereocenters. The average Bonchev–Trinajstić information content (AvgIpc) is 2.44. The zero-order chi connectivity index (χ0) is 14.6. The highest BCUT2D eigenvalue weighted by atomic mass is 16.5. The number of carbonyl (C=O) groups is 1. The molecule has 20 heavy (non-hydrogen) atoms.